The van der Waals surface area contributed by atoms with Crippen molar-refractivity contribution in [2.75, 3.05) is 12.4 Å². The Balaban J connectivity index is 0.00000900. The summed E-state index contributed by atoms with van der Waals surface area (Å²) in [5, 5.41) is 0. The quantitative estimate of drug-likeness (QED) is 0.178. The SMILES string of the molecule is CCCCCCCCc1ccc(CCCCCCCC)c(OCCCS(=O)(=O)[O-])c1.[Na+]. The van der Waals surface area contributed by atoms with Crippen molar-refractivity contribution in [2.24, 2.45) is 0 Å². The summed E-state index contributed by atoms with van der Waals surface area (Å²) < 4.78 is 38.4. The van der Waals surface area contributed by atoms with Crippen molar-refractivity contribution in [1.82, 2.24) is 0 Å². The maximum Gasteiger partial charge on any atom is 1.00 e. The number of benzene rings is 1. The molecule has 0 saturated carbocycles. The Morgan fingerprint density at radius 2 is 1.32 bits per heavy atom. The normalized spacial score (nSPS) is 11.3. The zero-order valence-electron chi connectivity index (χ0n) is 20.3. The van der Waals surface area contributed by atoms with Gasteiger partial charge in [0.1, 0.15) is 5.75 Å². The first-order valence-corrected chi connectivity index (χ1v) is 13.7. The first-order valence-electron chi connectivity index (χ1n) is 12.1. The summed E-state index contributed by atoms with van der Waals surface area (Å²) in [6, 6.07) is 6.52. The third-order valence-electron chi connectivity index (χ3n) is 5.55. The number of rotatable bonds is 19. The molecule has 1 aromatic carbocycles. The molecule has 0 spiro atoms. The van der Waals surface area contributed by atoms with Crippen molar-refractivity contribution in [3.63, 3.8) is 0 Å². The summed E-state index contributed by atoms with van der Waals surface area (Å²) in [5.41, 5.74) is 2.48. The van der Waals surface area contributed by atoms with Gasteiger partial charge in [0, 0.05) is 5.75 Å². The third-order valence-corrected chi connectivity index (χ3v) is 6.34. The number of ether oxygens (including phenoxy) is 1. The molecule has 0 radical (unpaired) electrons. The van der Waals surface area contributed by atoms with Crippen molar-refractivity contribution >= 4 is 10.1 Å². The minimum atomic E-state index is -4.17. The van der Waals surface area contributed by atoms with Crippen LogP contribution in [0, 0.1) is 0 Å². The van der Waals surface area contributed by atoms with E-state index in [9.17, 15) is 13.0 Å². The van der Waals surface area contributed by atoms with Crippen LogP contribution >= 0.6 is 0 Å². The zero-order chi connectivity index (χ0) is 22.1. The summed E-state index contributed by atoms with van der Waals surface area (Å²) in [4.78, 5) is 0. The molecule has 0 unspecified atom stereocenters. The van der Waals surface area contributed by atoms with Crippen molar-refractivity contribution in [2.45, 2.75) is 110 Å². The molecule has 0 aliphatic rings. The van der Waals surface area contributed by atoms with Crippen LogP contribution in [0.4, 0.5) is 0 Å². The summed E-state index contributed by atoms with van der Waals surface area (Å²) >= 11 is 0. The standard InChI is InChI=1S/C25H44O4S.Na/c1-3-5-7-9-11-13-16-23-18-19-24(17-14-12-10-8-6-4-2)25(22-23)29-20-15-21-30(26,27)28;/h18-19,22H,3-17,20-21H2,1-2H3,(H,26,27,28);/q;+1/p-1. The second kappa shape index (κ2) is 19.4. The van der Waals surface area contributed by atoms with Crippen LogP contribution in [0.2, 0.25) is 0 Å². The summed E-state index contributed by atoms with van der Waals surface area (Å²) in [7, 11) is -4.17. The van der Waals surface area contributed by atoms with Gasteiger partial charge in [0.2, 0.25) is 0 Å². The molecule has 1 aromatic rings. The minimum absolute atomic E-state index is 0. The topological polar surface area (TPSA) is 66.4 Å². The van der Waals surface area contributed by atoms with Gasteiger partial charge < -0.3 is 9.29 Å². The maximum atomic E-state index is 10.8. The van der Waals surface area contributed by atoms with Crippen LogP contribution in [-0.4, -0.2) is 25.3 Å². The van der Waals surface area contributed by atoms with Gasteiger partial charge in [0.15, 0.2) is 0 Å². The third kappa shape index (κ3) is 17.1. The molecule has 0 N–H and O–H groups in total. The molecular weight excluding hydrogens is 419 g/mol. The second-order valence-corrected chi connectivity index (χ2v) is 9.97. The Morgan fingerprint density at radius 3 is 1.90 bits per heavy atom. The van der Waals surface area contributed by atoms with E-state index in [1.807, 2.05) is 0 Å². The molecule has 0 fully saturated rings. The van der Waals surface area contributed by atoms with E-state index in [0.717, 1.165) is 25.0 Å². The Morgan fingerprint density at radius 1 is 0.774 bits per heavy atom. The molecule has 0 aliphatic heterocycles. The van der Waals surface area contributed by atoms with Crippen LogP contribution in [0.5, 0.6) is 5.75 Å². The van der Waals surface area contributed by atoms with E-state index in [1.54, 1.807) is 0 Å². The van der Waals surface area contributed by atoms with Crippen LogP contribution in [0.15, 0.2) is 18.2 Å². The van der Waals surface area contributed by atoms with Gasteiger partial charge in [-0.15, -0.1) is 0 Å². The van der Waals surface area contributed by atoms with Crippen molar-refractivity contribution < 1.29 is 47.3 Å². The van der Waals surface area contributed by atoms with Crippen molar-refractivity contribution in [3.8, 4) is 5.75 Å². The van der Waals surface area contributed by atoms with E-state index in [-0.39, 0.29) is 48.3 Å². The molecule has 0 saturated heterocycles. The van der Waals surface area contributed by atoms with Crippen LogP contribution in [0.1, 0.15) is 108 Å². The summed E-state index contributed by atoms with van der Waals surface area (Å²) in [6.07, 6.45) is 17.5. The molecule has 4 nitrogen and oxygen atoms in total. The largest absolute Gasteiger partial charge is 1.00 e. The molecule has 6 heteroatoms. The van der Waals surface area contributed by atoms with Crippen molar-refractivity contribution in [3.05, 3.63) is 29.3 Å². The predicted molar refractivity (Wildman–Crippen MR) is 125 cm³/mol. The van der Waals surface area contributed by atoms with E-state index in [1.165, 1.54) is 81.8 Å². The molecule has 31 heavy (non-hydrogen) atoms. The molecule has 1 rings (SSSR count). The summed E-state index contributed by atoms with van der Waals surface area (Å²) in [6.45, 7) is 4.74. The van der Waals surface area contributed by atoms with E-state index in [4.69, 9.17) is 4.74 Å². The molecule has 174 valence electrons. The predicted octanol–water partition coefficient (Wildman–Crippen LogP) is 3.81. The molecular formula is C25H43NaO4S. The zero-order valence-corrected chi connectivity index (χ0v) is 23.1. The van der Waals surface area contributed by atoms with E-state index in [2.05, 4.69) is 32.0 Å². The number of unbranched alkanes of at least 4 members (excludes halogenated alkanes) is 10. The first-order chi connectivity index (χ1) is 14.5. The molecule has 0 aliphatic carbocycles. The number of hydrogen-bond acceptors (Lipinski definition) is 4. The van der Waals surface area contributed by atoms with Crippen LogP contribution in [0.25, 0.3) is 0 Å². The molecule has 0 bridgehead atoms. The van der Waals surface area contributed by atoms with Gasteiger partial charge in [-0.25, -0.2) is 8.42 Å². The maximum absolute atomic E-state index is 10.8. The van der Waals surface area contributed by atoms with Crippen molar-refractivity contribution in [1.29, 1.82) is 0 Å². The average molecular weight is 463 g/mol. The molecule has 0 atom stereocenters. The van der Waals surface area contributed by atoms with Gasteiger partial charge in [-0.1, -0.05) is 90.2 Å². The first kappa shape index (κ1) is 30.9. The van der Waals surface area contributed by atoms with E-state index >= 15 is 0 Å². The fourth-order valence-electron chi connectivity index (χ4n) is 3.72. The molecule has 0 amide bonds. The Labute approximate surface area is 214 Å². The minimum Gasteiger partial charge on any atom is -0.748 e. The van der Waals surface area contributed by atoms with E-state index < -0.39 is 10.1 Å². The van der Waals surface area contributed by atoms with Crippen LogP contribution in [0.3, 0.4) is 0 Å². The van der Waals surface area contributed by atoms with Gasteiger partial charge in [0.05, 0.1) is 16.7 Å². The second-order valence-electron chi connectivity index (χ2n) is 8.44. The fourth-order valence-corrected chi connectivity index (χ4v) is 4.19. The Bertz CT molecular complexity index is 661. The van der Waals surface area contributed by atoms with Crippen LogP contribution in [-0.2, 0) is 23.0 Å². The summed E-state index contributed by atoms with van der Waals surface area (Å²) in [5.74, 6) is 0.507. The van der Waals surface area contributed by atoms with Gasteiger partial charge >= 0.3 is 29.6 Å². The monoisotopic (exact) mass is 462 g/mol. The average Bonchev–Trinajstić information content (AvgIpc) is 2.71. The number of aryl methyl sites for hydroxylation is 2. The van der Waals surface area contributed by atoms with Gasteiger partial charge in [0.25, 0.3) is 0 Å². The molecule has 0 heterocycles. The Kier molecular flexibility index (Phi) is 19.4. The van der Waals surface area contributed by atoms with E-state index in [0.29, 0.717) is 0 Å². The van der Waals surface area contributed by atoms with Crippen LogP contribution < -0.4 is 34.3 Å². The van der Waals surface area contributed by atoms with Gasteiger partial charge in [-0.3, -0.25) is 0 Å². The smallest absolute Gasteiger partial charge is 0.748 e. The Hall–Kier alpha value is -0.0700. The number of hydrogen-bond donors (Lipinski definition) is 0. The van der Waals surface area contributed by atoms with Gasteiger partial charge in [-0.2, -0.15) is 0 Å². The van der Waals surface area contributed by atoms with Gasteiger partial charge in [-0.05, 0) is 49.3 Å². The fraction of sp³-hybridized carbons (Fsp3) is 0.760. The molecule has 0 aromatic heterocycles.